The molecule has 0 saturated carbocycles. The summed E-state index contributed by atoms with van der Waals surface area (Å²) in [5.74, 6) is 6.80. The molecular formula is C16H14O. The Morgan fingerprint density at radius 2 is 1.35 bits per heavy atom. The van der Waals surface area contributed by atoms with Crippen molar-refractivity contribution in [2.45, 2.75) is 6.92 Å². The molecule has 0 aliphatic rings. The number of methoxy groups -OCH3 is 1. The van der Waals surface area contributed by atoms with Gasteiger partial charge in [-0.05, 0) is 42.3 Å². The summed E-state index contributed by atoms with van der Waals surface area (Å²) in [5, 5.41) is 0. The standard InChI is InChI=1S/C16H14O/c1-3-4-13-5-7-14(8-6-13)15-9-11-16(17-2)12-10-15/h5-12H,1-2H3. The van der Waals surface area contributed by atoms with Crippen molar-refractivity contribution in [3.63, 3.8) is 0 Å². The van der Waals surface area contributed by atoms with Gasteiger partial charge in [0.2, 0.25) is 0 Å². The fourth-order valence-corrected chi connectivity index (χ4v) is 1.67. The van der Waals surface area contributed by atoms with Gasteiger partial charge < -0.3 is 4.74 Å². The molecule has 0 amide bonds. The molecule has 1 heteroatoms. The van der Waals surface area contributed by atoms with E-state index >= 15 is 0 Å². The van der Waals surface area contributed by atoms with Gasteiger partial charge in [0.1, 0.15) is 5.75 Å². The second-order valence-electron chi connectivity index (χ2n) is 3.68. The van der Waals surface area contributed by atoms with Crippen LogP contribution in [-0.4, -0.2) is 7.11 Å². The molecule has 84 valence electrons. The number of benzene rings is 2. The predicted molar refractivity (Wildman–Crippen MR) is 71.0 cm³/mol. The Morgan fingerprint density at radius 3 is 1.82 bits per heavy atom. The first-order valence-electron chi connectivity index (χ1n) is 5.51. The molecule has 2 aromatic rings. The van der Waals surface area contributed by atoms with Gasteiger partial charge in [0.25, 0.3) is 0 Å². The van der Waals surface area contributed by atoms with Gasteiger partial charge in [-0.3, -0.25) is 0 Å². The third kappa shape index (κ3) is 2.68. The quantitative estimate of drug-likeness (QED) is 0.703. The van der Waals surface area contributed by atoms with E-state index in [1.165, 1.54) is 11.1 Å². The van der Waals surface area contributed by atoms with Gasteiger partial charge in [-0.2, -0.15) is 0 Å². The highest BCUT2D eigenvalue weighted by Crippen LogP contribution is 2.22. The van der Waals surface area contributed by atoms with Crippen LogP contribution in [0.4, 0.5) is 0 Å². The predicted octanol–water partition coefficient (Wildman–Crippen LogP) is 3.73. The zero-order valence-electron chi connectivity index (χ0n) is 10.0. The number of hydrogen-bond acceptors (Lipinski definition) is 1. The highest BCUT2D eigenvalue weighted by molar-refractivity contribution is 5.65. The van der Waals surface area contributed by atoms with Crippen LogP contribution < -0.4 is 4.74 Å². The minimum absolute atomic E-state index is 0.877. The van der Waals surface area contributed by atoms with Crippen LogP contribution in [-0.2, 0) is 0 Å². The van der Waals surface area contributed by atoms with Crippen molar-refractivity contribution in [3.05, 3.63) is 54.1 Å². The first-order valence-corrected chi connectivity index (χ1v) is 5.51. The number of rotatable bonds is 2. The van der Waals surface area contributed by atoms with Crippen LogP contribution in [0.2, 0.25) is 0 Å². The summed E-state index contributed by atoms with van der Waals surface area (Å²) in [6.07, 6.45) is 0. The van der Waals surface area contributed by atoms with Gasteiger partial charge in [0.15, 0.2) is 0 Å². The molecule has 0 aliphatic carbocycles. The second kappa shape index (κ2) is 5.23. The van der Waals surface area contributed by atoms with E-state index in [4.69, 9.17) is 4.74 Å². The van der Waals surface area contributed by atoms with E-state index in [0.29, 0.717) is 0 Å². The summed E-state index contributed by atoms with van der Waals surface area (Å²) in [7, 11) is 1.67. The van der Waals surface area contributed by atoms with E-state index < -0.39 is 0 Å². The van der Waals surface area contributed by atoms with Crippen LogP contribution in [0.25, 0.3) is 11.1 Å². The van der Waals surface area contributed by atoms with Crippen LogP contribution in [0.5, 0.6) is 5.75 Å². The lowest BCUT2D eigenvalue weighted by Gasteiger charge is -2.03. The first-order chi connectivity index (χ1) is 8.33. The SMILES string of the molecule is CC#Cc1ccc(-c2ccc(OC)cc2)cc1. The Morgan fingerprint density at radius 1 is 0.824 bits per heavy atom. The van der Waals surface area contributed by atoms with Gasteiger partial charge in [-0.15, -0.1) is 5.92 Å². The Balaban J connectivity index is 2.28. The third-order valence-electron chi connectivity index (χ3n) is 2.58. The lowest BCUT2D eigenvalue weighted by molar-refractivity contribution is 0.415. The van der Waals surface area contributed by atoms with E-state index in [9.17, 15) is 0 Å². The normalized spacial score (nSPS) is 9.29. The van der Waals surface area contributed by atoms with Gasteiger partial charge >= 0.3 is 0 Å². The fourth-order valence-electron chi connectivity index (χ4n) is 1.67. The van der Waals surface area contributed by atoms with E-state index in [2.05, 4.69) is 36.1 Å². The molecule has 17 heavy (non-hydrogen) atoms. The molecule has 0 spiro atoms. The number of hydrogen-bond donors (Lipinski definition) is 0. The van der Waals surface area contributed by atoms with Crippen molar-refractivity contribution >= 4 is 0 Å². The van der Waals surface area contributed by atoms with E-state index in [1.54, 1.807) is 7.11 Å². The molecular weight excluding hydrogens is 208 g/mol. The molecule has 0 bridgehead atoms. The Bertz CT molecular complexity index is 539. The second-order valence-corrected chi connectivity index (χ2v) is 3.68. The molecule has 0 fully saturated rings. The molecule has 2 aromatic carbocycles. The van der Waals surface area contributed by atoms with Gasteiger partial charge in [0.05, 0.1) is 7.11 Å². The van der Waals surface area contributed by atoms with Crippen LogP contribution >= 0.6 is 0 Å². The Hall–Kier alpha value is -2.20. The molecule has 0 radical (unpaired) electrons. The molecule has 0 heterocycles. The highest BCUT2D eigenvalue weighted by Gasteiger charge is 1.97. The Kier molecular flexibility index (Phi) is 3.47. The molecule has 0 N–H and O–H groups in total. The topological polar surface area (TPSA) is 9.23 Å². The van der Waals surface area contributed by atoms with Crippen molar-refractivity contribution in [3.8, 4) is 28.7 Å². The fraction of sp³-hybridized carbons (Fsp3) is 0.125. The summed E-state index contributed by atoms with van der Waals surface area (Å²) in [6, 6.07) is 16.3. The molecule has 0 unspecified atom stereocenters. The molecule has 2 rings (SSSR count). The largest absolute Gasteiger partial charge is 0.497 e. The molecule has 0 aliphatic heterocycles. The van der Waals surface area contributed by atoms with Crippen molar-refractivity contribution in [1.82, 2.24) is 0 Å². The summed E-state index contributed by atoms with van der Waals surface area (Å²) >= 11 is 0. The van der Waals surface area contributed by atoms with Gasteiger partial charge in [-0.1, -0.05) is 30.2 Å². The lowest BCUT2D eigenvalue weighted by Crippen LogP contribution is -1.83. The minimum Gasteiger partial charge on any atom is -0.497 e. The first kappa shape index (κ1) is 11.3. The summed E-state index contributed by atoms with van der Waals surface area (Å²) in [6.45, 7) is 1.84. The van der Waals surface area contributed by atoms with Crippen LogP contribution in [0.3, 0.4) is 0 Å². The summed E-state index contributed by atoms with van der Waals surface area (Å²) in [5.41, 5.74) is 3.42. The average Bonchev–Trinajstić information content (AvgIpc) is 2.40. The summed E-state index contributed by atoms with van der Waals surface area (Å²) < 4.78 is 5.14. The third-order valence-corrected chi connectivity index (χ3v) is 2.58. The van der Waals surface area contributed by atoms with Crippen LogP contribution in [0, 0.1) is 11.8 Å². The highest BCUT2D eigenvalue weighted by atomic mass is 16.5. The van der Waals surface area contributed by atoms with Gasteiger partial charge in [0, 0.05) is 5.56 Å². The van der Waals surface area contributed by atoms with E-state index in [1.807, 2.05) is 31.2 Å². The van der Waals surface area contributed by atoms with Crippen molar-refractivity contribution in [2.75, 3.05) is 7.11 Å². The average molecular weight is 222 g/mol. The smallest absolute Gasteiger partial charge is 0.118 e. The maximum absolute atomic E-state index is 5.14. The van der Waals surface area contributed by atoms with Gasteiger partial charge in [-0.25, -0.2) is 0 Å². The minimum atomic E-state index is 0.877. The Labute approximate surface area is 102 Å². The van der Waals surface area contributed by atoms with Crippen molar-refractivity contribution in [2.24, 2.45) is 0 Å². The molecule has 0 saturated heterocycles. The summed E-state index contributed by atoms with van der Waals surface area (Å²) in [4.78, 5) is 0. The van der Waals surface area contributed by atoms with E-state index in [0.717, 1.165) is 11.3 Å². The monoisotopic (exact) mass is 222 g/mol. The molecule has 0 atom stereocenters. The van der Waals surface area contributed by atoms with E-state index in [-0.39, 0.29) is 0 Å². The molecule has 0 aromatic heterocycles. The van der Waals surface area contributed by atoms with Crippen molar-refractivity contribution < 1.29 is 4.74 Å². The van der Waals surface area contributed by atoms with Crippen LogP contribution in [0.1, 0.15) is 12.5 Å². The van der Waals surface area contributed by atoms with Crippen molar-refractivity contribution in [1.29, 1.82) is 0 Å². The maximum Gasteiger partial charge on any atom is 0.118 e. The lowest BCUT2D eigenvalue weighted by atomic mass is 10.0. The maximum atomic E-state index is 5.14. The molecule has 1 nitrogen and oxygen atoms in total. The zero-order valence-corrected chi connectivity index (χ0v) is 10.0. The zero-order chi connectivity index (χ0) is 12.1. The van der Waals surface area contributed by atoms with Crippen LogP contribution in [0.15, 0.2) is 48.5 Å². The number of ether oxygens (including phenoxy) is 1.